The zero-order valence-electron chi connectivity index (χ0n) is 15.5. The molecule has 0 unspecified atom stereocenters. The molecule has 0 saturated heterocycles. The number of thiazole rings is 2. The Morgan fingerprint density at radius 2 is 1.86 bits per heavy atom. The van der Waals surface area contributed by atoms with Gasteiger partial charge in [0.25, 0.3) is 5.91 Å². The number of amides is 1. The van der Waals surface area contributed by atoms with Crippen LogP contribution >= 0.6 is 34.0 Å². The molecule has 0 spiro atoms. The molecule has 142 valence electrons. The van der Waals surface area contributed by atoms with Gasteiger partial charge in [0.05, 0.1) is 23.4 Å². The molecule has 1 aromatic carbocycles. The second-order valence-electron chi connectivity index (χ2n) is 6.02. The SMILES string of the molecule is COc1ccc(-c2nc(NC(=O)c3sc(-c4cccs4)nc3C)sc2C)cc1. The lowest BCUT2D eigenvalue weighted by atomic mass is 10.1. The van der Waals surface area contributed by atoms with Gasteiger partial charge in [-0.05, 0) is 49.6 Å². The Labute approximate surface area is 174 Å². The highest BCUT2D eigenvalue weighted by atomic mass is 32.1. The maximum absolute atomic E-state index is 12.8. The largest absolute Gasteiger partial charge is 0.497 e. The number of thiophene rings is 1. The molecule has 3 aromatic heterocycles. The van der Waals surface area contributed by atoms with Crippen molar-refractivity contribution in [2.45, 2.75) is 13.8 Å². The first kappa shape index (κ1) is 18.8. The van der Waals surface area contributed by atoms with Crippen molar-refractivity contribution >= 4 is 45.0 Å². The molecule has 1 N–H and O–H groups in total. The van der Waals surface area contributed by atoms with Crippen molar-refractivity contribution in [3.63, 3.8) is 0 Å². The van der Waals surface area contributed by atoms with E-state index in [4.69, 9.17) is 4.74 Å². The lowest BCUT2D eigenvalue weighted by Gasteiger charge is -2.02. The van der Waals surface area contributed by atoms with Gasteiger partial charge in [0.2, 0.25) is 0 Å². The molecule has 0 radical (unpaired) electrons. The Bertz CT molecular complexity index is 1110. The summed E-state index contributed by atoms with van der Waals surface area (Å²) >= 11 is 4.49. The number of carbonyl (C=O) groups is 1. The standard InChI is InChI=1S/C20H17N3O2S3/c1-11-17(28-19(21-11)15-5-4-10-26-15)18(24)23-20-22-16(12(2)27-20)13-6-8-14(25-3)9-7-13/h4-10H,1-3H3,(H,22,23,24). The molecule has 8 heteroatoms. The number of aromatic nitrogens is 2. The van der Waals surface area contributed by atoms with E-state index in [9.17, 15) is 4.79 Å². The number of methoxy groups -OCH3 is 1. The average molecular weight is 428 g/mol. The van der Waals surface area contributed by atoms with Crippen molar-refractivity contribution in [3.8, 4) is 26.9 Å². The Balaban J connectivity index is 1.55. The Morgan fingerprint density at radius 3 is 2.54 bits per heavy atom. The molecule has 0 aliphatic heterocycles. The molecule has 28 heavy (non-hydrogen) atoms. The third-order valence-corrected chi connectivity index (χ3v) is 7.20. The number of anilines is 1. The first-order valence-electron chi connectivity index (χ1n) is 8.49. The smallest absolute Gasteiger partial charge is 0.269 e. The van der Waals surface area contributed by atoms with E-state index < -0.39 is 0 Å². The molecular formula is C20H17N3O2S3. The van der Waals surface area contributed by atoms with Gasteiger partial charge in [0.15, 0.2) is 5.13 Å². The molecule has 1 amide bonds. The van der Waals surface area contributed by atoms with Crippen molar-refractivity contribution in [1.82, 2.24) is 9.97 Å². The van der Waals surface area contributed by atoms with Crippen LogP contribution in [-0.2, 0) is 0 Å². The maximum atomic E-state index is 12.8. The van der Waals surface area contributed by atoms with Crippen LogP contribution in [0.4, 0.5) is 5.13 Å². The van der Waals surface area contributed by atoms with E-state index in [0.717, 1.165) is 37.5 Å². The number of nitrogens with one attached hydrogen (secondary N) is 1. The summed E-state index contributed by atoms with van der Waals surface area (Å²) in [6.07, 6.45) is 0. The van der Waals surface area contributed by atoms with Crippen LogP contribution in [0.25, 0.3) is 21.1 Å². The van der Waals surface area contributed by atoms with E-state index in [1.165, 1.54) is 22.7 Å². The van der Waals surface area contributed by atoms with Gasteiger partial charge in [-0.2, -0.15) is 0 Å². The first-order valence-corrected chi connectivity index (χ1v) is 11.0. The van der Waals surface area contributed by atoms with Crippen molar-refractivity contribution in [2.24, 2.45) is 0 Å². The van der Waals surface area contributed by atoms with E-state index in [0.29, 0.717) is 10.0 Å². The zero-order chi connectivity index (χ0) is 19.7. The molecule has 0 fully saturated rings. The summed E-state index contributed by atoms with van der Waals surface area (Å²) in [5.74, 6) is 0.625. The van der Waals surface area contributed by atoms with Gasteiger partial charge in [0, 0.05) is 10.4 Å². The highest BCUT2D eigenvalue weighted by molar-refractivity contribution is 7.22. The second-order valence-corrected chi connectivity index (χ2v) is 9.17. The molecule has 0 aliphatic rings. The van der Waals surface area contributed by atoms with Crippen molar-refractivity contribution < 1.29 is 9.53 Å². The van der Waals surface area contributed by atoms with E-state index in [1.807, 2.05) is 55.6 Å². The minimum atomic E-state index is -0.173. The summed E-state index contributed by atoms with van der Waals surface area (Å²) in [7, 11) is 1.64. The van der Waals surface area contributed by atoms with Crippen LogP contribution in [0.3, 0.4) is 0 Å². The number of carbonyl (C=O) groups excluding carboxylic acids is 1. The molecule has 4 rings (SSSR count). The summed E-state index contributed by atoms with van der Waals surface area (Å²) in [4.78, 5) is 24.7. The molecule has 0 atom stereocenters. The number of ether oxygens (including phenoxy) is 1. The lowest BCUT2D eigenvalue weighted by molar-refractivity contribution is 0.103. The fourth-order valence-corrected chi connectivity index (χ4v) is 5.32. The number of aryl methyl sites for hydroxylation is 2. The van der Waals surface area contributed by atoms with Gasteiger partial charge in [0.1, 0.15) is 15.6 Å². The summed E-state index contributed by atoms with van der Waals surface area (Å²) < 4.78 is 5.20. The minimum absolute atomic E-state index is 0.173. The maximum Gasteiger partial charge on any atom is 0.269 e. The fourth-order valence-electron chi connectivity index (χ4n) is 2.73. The van der Waals surface area contributed by atoms with Crippen LogP contribution in [0.1, 0.15) is 20.2 Å². The number of rotatable bonds is 5. The minimum Gasteiger partial charge on any atom is -0.497 e. The predicted octanol–water partition coefficient (Wildman–Crippen LogP) is 5.87. The van der Waals surface area contributed by atoms with E-state index in [-0.39, 0.29) is 5.91 Å². The molecule has 4 aromatic rings. The third kappa shape index (κ3) is 3.71. The monoisotopic (exact) mass is 427 g/mol. The summed E-state index contributed by atoms with van der Waals surface area (Å²) in [5.41, 5.74) is 2.59. The van der Waals surface area contributed by atoms with Crippen molar-refractivity contribution in [3.05, 3.63) is 57.2 Å². The van der Waals surface area contributed by atoms with Crippen molar-refractivity contribution in [2.75, 3.05) is 12.4 Å². The predicted molar refractivity (Wildman–Crippen MR) is 117 cm³/mol. The summed E-state index contributed by atoms with van der Waals surface area (Å²) in [5, 5.41) is 6.38. The molecule has 0 aliphatic carbocycles. The van der Waals surface area contributed by atoms with Crippen LogP contribution in [0, 0.1) is 13.8 Å². The van der Waals surface area contributed by atoms with Crippen LogP contribution in [0.5, 0.6) is 5.75 Å². The normalized spacial score (nSPS) is 10.8. The van der Waals surface area contributed by atoms with E-state index >= 15 is 0 Å². The zero-order valence-corrected chi connectivity index (χ0v) is 17.9. The van der Waals surface area contributed by atoms with Gasteiger partial charge < -0.3 is 4.74 Å². The van der Waals surface area contributed by atoms with Crippen molar-refractivity contribution in [1.29, 1.82) is 0 Å². The van der Waals surface area contributed by atoms with E-state index in [1.54, 1.807) is 18.4 Å². The van der Waals surface area contributed by atoms with Gasteiger partial charge >= 0.3 is 0 Å². The van der Waals surface area contributed by atoms with Crippen LogP contribution < -0.4 is 10.1 Å². The van der Waals surface area contributed by atoms with E-state index in [2.05, 4.69) is 15.3 Å². The second kappa shape index (κ2) is 7.83. The van der Waals surface area contributed by atoms with Gasteiger partial charge in [-0.15, -0.1) is 34.0 Å². The fraction of sp³-hybridized carbons (Fsp3) is 0.150. The molecule has 0 bridgehead atoms. The first-order chi connectivity index (χ1) is 13.5. The molecular weight excluding hydrogens is 410 g/mol. The van der Waals surface area contributed by atoms with Gasteiger partial charge in [-0.1, -0.05) is 6.07 Å². The van der Waals surface area contributed by atoms with Gasteiger partial charge in [-0.3, -0.25) is 10.1 Å². The van der Waals surface area contributed by atoms with Crippen LogP contribution in [0.2, 0.25) is 0 Å². The third-order valence-electron chi connectivity index (χ3n) is 4.12. The number of benzene rings is 1. The quantitative estimate of drug-likeness (QED) is 0.432. The topological polar surface area (TPSA) is 64.1 Å². The Morgan fingerprint density at radius 1 is 1.07 bits per heavy atom. The summed E-state index contributed by atoms with van der Waals surface area (Å²) in [6.45, 7) is 3.86. The lowest BCUT2D eigenvalue weighted by Crippen LogP contribution is -2.11. The summed E-state index contributed by atoms with van der Waals surface area (Å²) in [6, 6.07) is 11.7. The average Bonchev–Trinajstić information content (AvgIpc) is 3.42. The molecule has 5 nitrogen and oxygen atoms in total. The molecule has 3 heterocycles. The Hall–Kier alpha value is -2.55. The number of hydrogen-bond acceptors (Lipinski definition) is 7. The number of hydrogen-bond donors (Lipinski definition) is 1. The highest BCUT2D eigenvalue weighted by Gasteiger charge is 2.19. The highest BCUT2D eigenvalue weighted by Crippen LogP contribution is 2.34. The Kier molecular flexibility index (Phi) is 5.25. The van der Waals surface area contributed by atoms with Crippen LogP contribution in [-0.4, -0.2) is 23.0 Å². The molecule has 0 saturated carbocycles. The van der Waals surface area contributed by atoms with Crippen LogP contribution in [0.15, 0.2) is 41.8 Å². The van der Waals surface area contributed by atoms with Gasteiger partial charge in [-0.25, -0.2) is 9.97 Å². The number of nitrogens with zero attached hydrogens (tertiary/aromatic N) is 2.